The number of amides is 5. The molecular weight excluding hydrogens is 985 g/mol. The maximum absolute atomic E-state index is 12.3. The minimum absolute atomic E-state index is 0.0347. The zero-order valence-corrected chi connectivity index (χ0v) is 44.8. The minimum atomic E-state index is -0.0658. The van der Waals surface area contributed by atoms with Gasteiger partial charge in [-0.2, -0.15) is 11.8 Å². The van der Waals surface area contributed by atoms with E-state index >= 15 is 0 Å². The van der Waals surface area contributed by atoms with Crippen molar-refractivity contribution in [1.82, 2.24) is 41.5 Å². The van der Waals surface area contributed by atoms with Gasteiger partial charge >= 0.3 is 6.03 Å². The maximum atomic E-state index is 12.3. The number of thioether (sulfide) groups is 1. The molecule has 0 unspecified atom stereocenters. The first-order chi connectivity index (χ1) is 37.2. The normalized spacial score (nSPS) is 15.7. The molecule has 2 aliphatic rings. The van der Waals surface area contributed by atoms with Crippen molar-refractivity contribution >= 4 is 64.1 Å². The topological polar surface area (TPSA) is 218 Å². The number of hydrogen-bond donors (Lipinski definition) is 7. The first-order valence-corrected chi connectivity index (χ1v) is 27.8. The summed E-state index contributed by atoms with van der Waals surface area (Å²) in [6.45, 7) is 10.6. The summed E-state index contributed by atoms with van der Waals surface area (Å²) in [5.74, 6) is 3.75. The van der Waals surface area contributed by atoms with Gasteiger partial charge < -0.3 is 61.1 Å². The highest BCUT2D eigenvalue weighted by atomic mass is 32.2. The molecule has 0 spiro atoms. The number of urea groups is 1. The summed E-state index contributed by atoms with van der Waals surface area (Å²) in [4.78, 5) is 59.3. The average molecular weight is 1060 g/mol. The van der Waals surface area contributed by atoms with E-state index in [-0.39, 0.29) is 35.8 Å². The number of unbranched alkanes of at least 4 members (excludes halogenated alkanes) is 2. The zero-order valence-electron chi connectivity index (χ0n) is 44.0. The predicted molar refractivity (Wildman–Crippen MR) is 301 cm³/mol. The number of hydrogen-bond acceptors (Lipinski definition) is 14. The third-order valence-corrected chi connectivity index (χ3v) is 14.0. The number of nitrogens with one attached hydrogen (secondary N) is 7. The number of para-hydroxylation sites is 1. The lowest BCUT2D eigenvalue weighted by atomic mass is 10.0. The van der Waals surface area contributed by atoms with Crippen LogP contribution in [0.4, 0.5) is 27.8 Å². The van der Waals surface area contributed by atoms with Gasteiger partial charge in [0.15, 0.2) is 0 Å². The van der Waals surface area contributed by atoms with Crippen LogP contribution in [0.1, 0.15) is 76.2 Å². The molecule has 76 heavy (non-hydrogen) atoms. The Labute approximate surface area is 452 Å². The molecule has 2 aliphatic heterocycles. The second-order valence-electron chi connectivity index (χ2n) is 18.8. The number of ether oxygens (including phenoxy) is 4. The van der Waals surface area contributed by atoms with Gasteiger partial charge in [-0.25, -0.2) is 14.8 Å². The number of likely N-dealkylation sites (N-methyl/N-ethyl adjacent to an activating group) is 1. The van der Waals surface area contributed by atoms with Crippen LogP contribution in [0.2, 0.25) is 0 Å². The van der Waals surface area contributed by atoms with E-state index in [2.05, 4.69) is 71.8 Å². The highest BCUT2D eigenvalue weighted by molar-refractivity contribution is 8.00. The van der Waals surface area contributed by atoms with Crippen molar-refractivity contribution in [3.05, 3.63) is 116 Å². The molecule has 0 radical (unpaired) electrons. The molecular formula is C57H78N10O8S. The molecule has 3 aromatic carbocycles. The standard InChI is InChI=1S/C57H78N10O8S/c1-43(44-16-10-17-46(39-44)64-52-40-51(61-42-62-52)63-45-24-26-48(27-25-45)75-47-18-4-3-5-19-47)15-12-32-67(2)31-9-8-28-58-54(69)22-11-23-55(70)60-30-14-34-73-36-38-74-37-35-72-33-13-29-59-53(68)21-7-6-20-50-56-49(41-76-50)65-57(71)66-56/h3-5,10,12,15-19,24-27,39-40,42,49-50,56H,1,6-9,11,13-14,20-23,28-38,41H2,2H3,(H,58,69)(H,59,68)(H,60,70)(H2,65,66,71)(H2,61,62,63,64)/b15-12+/t49-,50-,56-/m0/s1. The molecule has 5 amide bonds. The van der Waals surface area contributed by atoms with Crippen molar-refractivity contribution in [2.75, 3.05) is 95.8 Å². The highest BCUT2D eigenvalue weighted by Gasteiger charge is 2.42. The lowest BCUT2D eigenvalue weighted by molar-refractivity contribution is -0.123. The Morgan fingerprint density at radius 3 is 1.99 bits per heavy atom. The molecule has 0 bridgehead atoms. The van der Waals surface area contributed by atoms with Crippen LogP contribution in [0, 0.1) is 0 Å². The van der Waals surface area contributed by atoms with E-state index in [0.717, 1.165) is 91.4 Å². The van der Waals surface area contributed by atoms with Crippen LogP contribution in [0.25, 0.3) is 5.57 Å². The van der Waals surface area contributed by atoms with Gasteiger partial charge in [-0.3, -0.25) is 14.4 Å². The largest absolute Gasteiger partial charge is 0.457 e. The van der Waals surface area contributed by atoms with Crippen LogP contribution in [0.3, 0.4) is 0 Å². The summed E-state index contributed by atoms with van der Waals surface area (Å²) < 4.78 is 22.6. The van der Waals surface area contributed by atoms with Gasteiger partial charge in [-0.1, -0.05) is 55.5 Å². The van der Waals surface area contributed by atoms with Crippen molar-refractivity contribution in [2.45, 2.75) is 88.0 Å². The van der Waals surface area contributed by atoms with Crippen molar-refractivity contribution in [3.63, 3.8) is 0 Å². The number of rotatable bonds is 38. The third-order valence-electron chi connectivity index (χ3n) is 12.5. The zero-order chi connectivity index (χ0) is 53.4. The fourth-order valence-corrected chi connectivity index (χ4v) is 9.95. The lowest BCUT2D eigenvalue weighted by Gasteiger charge is -2.16. The summed E-state index contributed by atoms with van der Waals surface area (Å²) in [5.41, 5.74) is 3.65. The van der Waals surface area contributed by atoms with E-state index in [1.54, 1.807) is 0 Å². The molecule has 2 fully saturated rings. The Morgan fingerprint density at radius 1 is 0.684 bits per heavy atom. The maximum Gasteiger partial charge on any atom is 0.315 e. The van der Waals surface area contributed by atoms with Crippen LogP contribution in [-0.4, -0.2) is 141 Å². The summed E-state index contributed by atoms with van der Waals surface area (Å²) in [6, 6.07) is 27.6. The van der Waals surface area contributed by atoms with Gasteiger partial charge in [0.05, 0.1) is 38.5 Å². The molecule has 1 aromatic heterocycles. The van der Waals surface area contributed by atoms with Gasteiger partial charge in [0.1, 0.15) is 29.5 Å². The molecule has 4 aromatic rings. The van der Waals surface area contributed by atoms with E-state index in [0.29, 0.717) is 108 Å². The van der Waals surface area contributed by atoms with Gasteiger partial charge in [0, 0.05) is 87.1 Å². The van der Waals surface area contributed by atoms with Gasteiger partial charge in [0.2, 0.25) is 17.7 Å². The van der Waals surface area contributed by atoms with Crippen molar-refractivity contribution < 1.29 is 38.1 Å². The number of anilines is 4. The van der Waals surface area contributed by atoms with Crippen LogP contribution in [0.5, 0.6) is 11.5 Å². The fraction of sp³-hybridized carbons (Fsp3) is 0.474. The smallest absolute Gasteiger partial charge is 0.315 e. The number of fused-ring (bicyclic) bond motifs is 1. The predicted octanol–water partition coefficient (Wildman–Crippen LogP) is 8.11. The van der Waals surface area contributed by atoms with E-state index in [9.17, 15) is 19.2 Å². The first-order valence-electron chi connectivity index (χ1n) is 26.7. The molecule has 3 heterocycles. The Kier molecular flexibility index (Phi) is 26.4. The number of allylic oxidation sites excluding steroid dienone is 2. The molecule has 0 saturated carbocycles. The Hall–Kier alpha value is -6.51. The van der Waals surface area contributed by atoms with Crippen molar-refractivity contribution in [3.8, 4) is 11.5 Å². The molecule has 19 heteroatoms. The summed E-state index contributed by atoms with van der Waals surface area (Å²) in [7, 11) is 2.08. The van der Waals surface area contributed by atoms with Crippen LogP contribution < -0.4 is 42.0 Å². The number of aromatic nitrogens is 2. The molecule has 3 atom stereocenters. The summed E-state index contributed by atoms with van der Waals surface area (Å²) >= 11 is 1.90. The quantitative estimate of drug-likeness (QED) is 0.0128. The summed E-state index contributed by atoms with van der Waals surface area (Å²) in [6.07, 6.45) is 13.4. The molecule has 0 aliphatic carbocycles. The Bertz CT molecular complexity index is 2420. The minimum Gasteiger partial charge on any atom is -0.457 e. The average Bonchev–Trinajstić information content (AvgIpc) is 3.98. The van der Waals surface area contributed by atoms with Gasteiger partial charge in [0.25, 0.3) is 0 Å². The van der Waals surface area contributed by atoms with Crippen LogP contribution >= 0.6 is 11.8 Å². The second-order valence-corrected chi connectivity index (χ2v) is 20.0. The highest BCUT2D eigenvalue weighted by Crippen LogP contribution is 2.33. The van der Waals surface area contributed by atoms with E-state index in [4.69, 9.17) is 18.9 Å². The number of carbonyl (C=O) groups excluding carboxylic acids is 4. The van der Waals surface area contributed by atoms with Crippen LogP contribution in [0.15, 0.2) is 110 Å². The second kappa shape index (κ2) is 34.2. The number of nitrogens with zero attached hydrogens (tertiary/aromatic N) is 3. The number of benzene rings is 3. The van der Waals surface area contributed by atoms with Crippen molar-refractivity contribution in [2.24, 2.45) is 0 Å². The summed E-state index contributed by atoms with van der Waals surface area (Å²) in [5, 5.41) is 21.9. The number of carbonyl (C=O) groups is 4. The molecule has 410 valence electrons. The molecule has 7 N–H and O–H groups in total. The van der Waals surface area contributed by atoms with E-state index < -0.39 is 0 Å². The van der Waals surface area contributed by atoms with Crippen molar-refractivity contribution in [1.29, 1.82) is 0 Å². The lowest BCUT2D eigenvalue weighted by Crippen LogP contribution is -2.36. The molecule has 18 nitrogen and oxygen atoms in total. The van der Waals surface area contributed by atoms with E-state index in [1.807, 2.05) is 103 Å². The van der Waals surface area contributed by atoms with Gasteiger partial charge in [-0.05, 0) is 118 Å². The third kappa shape index (κ3) is 23.2. The van der Waals surface area contributed by atoms with Gasteiger partial charge in [-0.15, -0.1) is 0 Å². The fourth-order valence-electron chi connectivity index (χ4n) is 8.41. The van der Waals surface area contributed by atoms with E-state index in [1.165, 1.54) is 6.33 Å². The Morgan fingerprint density at radius 2 is 1.30 bits per heavy atom. The molecule has 6 rings (SSSR count). The first kappa shape index (κ1) is 58.7. The van der Waals surface area contributed by atoms with Crippen LogP contribution in [-0.2, 0) is 28.6 Å². The monoisotopic (exact) mass is 1060 g/mol. The molecule has 2 saturated heterocycles. The SMILES string of the molecule is C=C(/C=C/CN(C)CCCCNC(=O)CCCC(=O)NCCCOCCOCCOCCCNC(=O)CCCC[C@@H]1SC[C@@H]2NC(=O)N[C@@H]21)c1cccc(Nc2cc(Nc3ccc(Oc4ccccc4)cc3)ncn2)c1. The Balaban J connectivity index is 0.680.